The predicted molar refractivity (Wildman–Crippen MR) is 81.3 cm³/mol. The van der Waals surface area contributed by atoms with Crippen LogP contribution in [0.3, 0.4) is 0 Å². The minimum atomic E-state index is -3.45. The highest BCUT2D eigenvalue weighted by Gasteiger charge is 2.55. The number of likely N-dealkylation sites (N-methyl/N-ethyl adjacent to an activating group) is 1. The first-order valence-corrected chi connectivity index (χ1v) is 9.50. The van der Waals surface area contributed by atoms with Crippen LogP contribution in [-0.2, 0) is 24.3 Å². The van der Waals surface area contributed by atoms with Gasteiger partial charge in [0.15, 0.2) is 0 Å². The van der Waals surface area contributed by atoms with Gasteiger partial charge < -0.3 is 15.0 Å². The van der Waals surface area contributed by atoms with Crippen LogP contribution in [0.4, 0.5) is 4.79 Å². The molecule has 11 heteroatoms. The van der Waals surface area contributed by atoms with E-state index >= 15 is 0 Å². The van der Waals surface area contributed by atoms with E-state index in [4.69, 9.17) is 4.74 Å². The van der Waals surface area contributed by atoms with Crippen LogP contribution in [0.1, 0.15) is 6.42 Å². The van der Waals surface area contributed by atoms with Gasteiger partial charge in [-0.05, 0) is 6.42 Å². The SMILES string of the molecule is CN1CC(=O)N(CC(=O)N[C@H]2[C@H]3CCO[C@H]3[C@@H]2NS(C)(=O)=O)C1=O. The van der Waals surface area contributed by atoms with E-state index < -0.39 is 40.0 Å². The van der Waals surface area contributed by atoms with Crippen LogP contribution in [0.5, 0.6) is 0 Å². The maximum Gasteiger partial charge on any atom is 0.327 e. The molecular weight excluding hydrogens is 340 g/mol. The molecule has 24 heavy (non-hydrogen) atoms. The molecule has 2 N–H and O–H groups in total. The number of hydrogen-bond donors (Lipinski definition) is 2. The fourth-order valence-corrected chi connectivity index (χ4v) is 4.27. The number of rotatable bonds is 5. The highest BCUT2D eigenvalue weighted by Crippen LogP contribution is 2.39. The van der Waals surface area contributed by atoms with E-state index in [1.54, 1.807) is 0 Å². The molecule has 3 aliphatic rings. The fraction of sp³-hybridized carbons (Fsp3) is 0.769. The van der Waals surface area contributed by atoms with Crippen LogP contribution in [0.2, 0.25) is 0 Å². The summed E-state index contributed by atoms with van der Waals surface area (Å²) in [4.78, 5) is 37.8. The number of imide groups is 1. The van der Waals surface area contributed by atoms with Crippen molar-refractivity contribution in [1.82, 2.24) is 19.8 Å². The molecule has 4 amide bonds. The molecule has 2 aliphatic heterocycles. The number of ether oxygens (including phenoxy) is 1. The lowest BCUT2D eigenvalue weighted by Crippen LogP contribution is -2.71. The highest BCUT2D eigenvalue weighted by molar-refractivity contribution is 7.88. The van der Waals surface area contributed by atoms with Gasteiger partial charge in [0.1, 0.15) is 13.1 Å². The summed E-state index contributed by atoms with van der Waals surface area (Å²) in [5.74, 6) is -0.900. The zero-order chi connectivity index (χ0) is 17.6. The van der Waals surface area contributed by atoms with E-state index in [2.05, 4.69) is 10.0 Å². The monoisotopic (exact) mass is 360 g/mol. The number of carbonyl (C=O) groups excluding carboxylic acids is 3. The molecule has 1 saturated carbocycles. The first-order valence-electron chi connectivity index (χ1n) is 7.61. The number of nitrogens with one attached hydrogen (secondary N) is 2. The van der Waals surface area contributed by atoms with Crippen molar-refractivity contribution in [2.24, 2.45) is 5.92 Å². The second kappa shape index (κ2) is 5.97. The summed E-state index contributed by atoms with van der Waals surface area (Å²) < 4.78 is 30.9. The van der Waals surface area contributed by atoms with Gasteiger partial charge in [0.2, 0.25) is 15.9 Å². The van der Waals surface area contributed by atoms with Crippen molar-refractivity contribution >= 4 is 27.9 Å². The molecule has 0 radical (unpaired) electrons. The Hall–Kier alpha value is -1.72. The van der Waals surface area contributed by atoms with Gasteiger partial charge in [-0.25, -0.2) is 17.9 Å². The van der Waals surface area contributed by atoms with Crippen molar-refractivity contribution in [3.05, 3.63) is 0 Å². The summed E-state index contributed by atoms with van der Waals surface area (Å²) in [6.07, 6.45) is 1.51. The number of carbonyl (C=O) groups is 3. The Kier molecular flexibility index (Phi) is 4.26. The summed E-state index contributed by atoms with van der Waals surface area (Å²) in [6, 6.07) is -1.47. The quantitative estimate of drug-likeness (QED) is 0.531. The van der Waals surface area contributed by atoms with Crippen LogP contribution in [0.15, 0.2) is 0 Å². The van der Waals surface area contributed by atoms with Crippen LogP contribution >= 0.6 is 0 Å². The van der Waals surface area contributed by atoms with Gasteiger partial charge in [0.05, 0.1) is 24.4 Å². The fourth-order valence-electron chi connectivity index (χ4n) is 3.49. The lowest BCUT2D eigenvalue weighted by Gasteiger charge is -2.47. The smallest absolute Gasteiger partial charge is 0.327 e. The Morgan fingerprint density at radius 2 is 2.04 bits per heavy atom. The average molecular weight is 360 g/mol. The summed E-state index contributed by atoms with van der Waals surface area (Å²) in [5, 5.41) is 2.73. The molecule has 2 heterocycles. The Morgan fingerprint density at radius 3 is 2.62 bits per heavy atom. The molecule has 0 aromatic carbocycles. The Balaban J connectivity index is 1.62. The predicted octanol–water partition coefficient (Wildman–Crippen LogP) is -2.30. The number of fused-ring (bicyclic) bond motifs is 1. The molecular formula is C13H20N4O6S. The second-order valence-electron chi connectivity index (χ2n) is 6.42. The normalized spacial score (nSPS) is 32.8. The molecule has 0 spiro atoms. The van der Waals surface area contributed by atoms with Gasteiger partial charge in [-0.1, -0.05) is 0 Å². The molecule has 0 bridgehead atoms. The van der Waals surface area contributed by atoms with Crippen LogP contribution in [0, 0.1) is 5.92 Å². The Morgan fingerprint density at radius 1 is 1.33 bits per heavy atom. The molecule has 3 fully saturated rings. The number of hydrogen-bond acceptors (Lipinski definition) is 6. The summed E-state index contributed by atoms with van der Waals surface area (Å²) >= 11 is 0. The van der Waals surface area contributed by atoms with Crippen molar-refractivity contribution < 1.29 is 27.5 Å². The maximum atomic E-state index is 12.2. The molecule has 0 aromatic rings. The third-order valence-electron chi connectivity index (χ3n) is 4.60. The van der Waals surface area contributed by atoms with Gasteiger partial charge in [0, 0.05) is 19.6 Å². The molecule has 0 aromatic heterocycles. The maximum absolute atomic E-state index is 12.2. The minimum Gasteiger partial charge on any atom is -0.376 e. The molecule has 1 aliphatic carbocycles. The third-order valence-corrected chi connectivity index (χ3v) is 5.30. The number of nitrogens with zero attached hydrogens (tertiary/aromatic N) is 2. The summed E-state index contributed by atoms with van der Waals surface area (Å²) in [7, 11) is -1.96. The Labute approximate surface area is 139 Å². The molecule has 3 rings (SSSR count). The van der Waals surface area contributed by atoms with Crippen molar-refractivity contribution in [1.29, 1.82) is 0 Å². The van der Waals surface area contributed by atoms with E-state index in [1.165, 1.54) is 11.9 Å². The van der Waals surface area contributed by atoms with Gasteiger partial charge in [0.25, 0.3) is 5.91 Å². The number of sulfonamides is 1. The van der Waals surface area contributed by atoms with Gasteiger partial charge in [-0.3, -0.25) is 14.5 Å². The van der Waals surface area contributed by atoms with E-state index in [9.17, 15) is 22.8 Å². The zero-order valence-corrected chi connectivity index (χ0v) is 14.2. The molecule has 10 nitrogen and oxygen atoms in total. The average Bonchev–Trinajstić information content (AvgIpc) is 2.99. The largest absolute Gasteiger partial charge is 0.376 e. The molecule has 4 atom stereocenters. The van der Waals surface area contributed by atoms with E-state index in [1.807, 2.05) is 0 Å². The number of amides is 4. The summed E-state index contributed by atoms with van der Waals surface area (Å²) in [6.45, 7) is 0.0895. The molecule has 134 valence electrons. The highest BCUT2D eigenvalue weighted by atomic mass is 32.2. The third kappa shape index (κ3) is 3.10. The first kappa shape index (κ1) is 17.1. The van der Waals surface area contributed by atoms with E-state index in [0.29, 0.717) is 6.61 Å². The lowest BCUT2D eigenvalue weighted by atomic mass is 9.72. The summed E-state index contributed by atoms with van der Waals surface area (Å²) in [5.41, 5.74) is 0. The topological polar surface area (TPSA) is 125 Å². The number of urea groups is 1. The van der Waals surface area contributed by atoms with Crippen LogP contribution in [-0.4, -0.2) is 87.3 Å². The van der Waals surface area contributed by atoms with Crippen molar-refractivity contribution in [3.8, 4) is 0 Å². The van der Waals surface area contributed by atoms with Crippen LogP contribution in [0.25, 0.3) is 0 Å². The zero-order valence-electron chi connectivity index (χ0n) is 13.4. The van der Waals surface area contributed by atoms with Gasteiger partial charge in [-0.2, -0.15) is 0 Å². The van der Waals surface area contributed by atoms with Crippen molar-refractivity contribution in [2.75, 3.05) is 33.0 Å². The van der Waals surface area contributed by atoms with Crippen LogP contribution < -0.4 is 10.0 Å². The van der Waals surface area contributed by atoms with Gasteiger partial charge >= 0.3 is 6.03 Å². The Bertz CT molecular complexity index is 680. The van der Waals surface area contributed by atoms with Crippen molar-refractivity contribution in [2.45, 2.75) is 24.6 Å². The van der Waals surface area contributed by atoms with Gasteiger partial charge in [-0.15, -0.1) is 0 Å². The second-order valence-corrected chi connectivity index (χ2v) is 8.20. The van der Waals surface area contributed by atoms with Crippen molar-refractivity contribution in [3.63, 3.8) is 0 Å². The standard InChI is InChI=1S/C13H20N4O6S/c1-16-6-9(19)17(13(16)20)5-8(18)14-10-7-3-4-23-12(7)11(10)15-24(2,21)22/h7,10-12,15H,3-6H2,1-2H3,(H,14,18)/t7-,10+,11-,12-/m1/s1. The molecule has 2 saturated heterocycles. The van der Waals surface area contributed by atoms with E-state index in [0.717, 1.165) is 17.6 Å². The first-order chi connectivity index (χ1) is 11.2. The lowest BCUT2D eigenvalue weighted by molar-refractivity contribution is -0.132. The molecule has 0 unspecified atom stereocenters. The minimum absolute atomic E-state index is 0.0286. The van der Waals surface area contributed by atoms with E-state index in [-0.39, 0.29) is 25.1 Å².